The molecule has 1 N–H and O–H groups in total. The van der Waals surface area contributed by atoms with Crippen LogP contribution in [0.5, 0.6) is 0 Å². The minimum atomic E-state index is -0.779. The largest absolute Gasteiger partial charge is 0.481 e. The molecule has 1 aliphatic heterocycles. The second-order valence-corrected chi connectivity index (χ2v) is 6.53. The lowest BCUT2D eigenvalue weighted by atomic mass is 9.72. The lowest BCUT2D eigenvalue weighted by Crippen LogP contribution is -2.48. The first-order chi connectivity index (χ1) is 10.4. The van der Waals surface area contributed by atoms with Crippen LogP contribution in [0.2, 0.25) is 0 Å². The van der Waals surface area contributed by atoms with Crippen LogP contribution in [0.4, 0.5) is 4.79 Å². The number of rotatable bonds is 4. The van der Waals surface area contributed by atoms with Crippen molar-refractivity contribution in [3.63, 3.8) is 0 Å². The number of hydrogen-bond acceptors (Lipinski definition) is 3. The van der Waals surface area contributed by atoms with Crippen molar-refractivity contribution >= 4 is 12.1 Å². The Morgan fingerprint density at radius 1 is 1.32 bits per heavy atom. The molecule has 0 aromatic heterocycles. The van der Waals surface area contributed by atoms with Crippen LogP contribution in [-0.2, 0) is 16.1 Å². The van der Waals surface area contributed by atoms with Gasteiger partial charge >= 0.3 is 12.1 Å². The highest BCUT2D eigenvalue weighted by atomic mass is 16.6. The number of aliphatic carboxylic acids is 1. The Hall–Kier alpha value is -2.04. The lowest BCUT2D eigenvalue weighted by Gasteiger charge is -2.43. The number of piperidine rings is 1. The Balaban J connectivity index is 1.88. The molecule has 120 valence electrons. The summed E-state index contributed by atoms with van der Waals surface area (Å²) < 4.78 is 5.35. The summed E-state index contributed by atoms with van der Waals surface area (Å²) in [5, 5.41) is 8.98. The quantitative estimate of drug-likeness (QED) is 0.928. The Labute approximate surface area is 130 Å². The van der Waals surface area contributed by atoms with Crippen molar-refractivity contribution in [1.29, 1.82) is 0 Å². The number of carboxylic acids is 1. The summed E-state index contributed by atoms with van der Waals surface area (Å²) in [4.78, 5) is 24.8. The number of likely N-dealkylation sites (tertiary alicyclic amines) is 1. The van der Waals surface area contributed by atoms with Gasteiger partial charge in [0.15, 0.2) is 0 Å². The van der Waals surface area contributed by atoms with Crippen LogP contribution in [0.25, 0.3) is 0 Å². The first-order valence-electron chi connectivity index (χ1n) is 7.56. The van der Waals surface area contributed by atoms with Gasteiger partial charge in [-0.25, -0.2) is 4.79 Å². The van der Waals surface area contributed by atoms with E-state index >= 15 is 0 Å². The van der Waals surface area contributed by atoms with E-state index < -0.39 is 5.97 Å². The minimum absolute atomic E-state index is 0.0863. The van der Waals surface area contributed by atoms with Crippen molar-refractivity contribution in [3.8, 4) is 0 Å². The van der Waals surface area contributed by atoms with E-state index in [9.17, 15) is 9.59 Å². The number of carbonyl (C=O) groups is 2. The van der Waals surface area contributed by atoms with Gasteiger partial charge in [-0.2, -0.15) is 0 Å². The molecule has 0 saturated carbocycles. The Morgan fingerprint density at radius 3 is 2.59 bits per heavy atom. The number of nitrogens with zero attached hydrogens (tertiary/aromatic N) is 1. The Kier molecular flexibility index (Phi) is 5.06. The number of ether oxygens (including phenoxy) is 1. The molecule has 0 spiro atoms. The molecule has 1 saturated heterocycles. The van der Waals surface area contributed by atoms with Gasteiger partial charge in [0.05, 0.1) is 0 Å². The molecule has 1 fully saturated rings. The van der Waals surface area contributed by atoms with E-state index in [2.05, 4.69) is 0 Å². The lowest BCUT2D eigenvalue weighted by molar-refractivity contribution is -0.139. The van der Waals surface area contributed by atoms with E-state index in [1.807, 2.05) is 44.2 Å². The van der Waals surface area contributed by atoms with Crippen molar-refractivity contribution in [3.05, 3.63) is 35.9 Å². The predicted octanol–water partition coefficient (Wildman–Crippen LogP) is 3.15. The van der Waals surface area contributed by atoms with E-state index in [0.29, 0.717) is 19.5 Å². The summed E-state index contributed by atoms with van der Waals surface area (Å²) in [6.45, 7) is 5.36. The second-order valence-electron chi connectivity index (χ2n) is 6.53. The molecule has 1 unspecified atom stereocenters. The van der Waals surface area contributed by atoms with Gasteiger partial charge in [-0.05, 0) is 23.3 Å². The summed E-state index contributed by atoms with van der Waals surface area (Å²) in [6, 6.07) is 9.56. The third-order valence-corrected chi connectivity index (χ3v) is 4.34. The van der Waals surface area contributed by atoms with Crippen LogP contribution in [0, 0.1) is 11.3 Å². The number of hydrogen-bond donors (Lipinski definition) is 1. The van der Waals surface area contributed by atoms with Crippen LogP contribution < -0.4 is 0 Å². The fraction of sp³-hybridized carbons (Fsp3) is 0.529. The molecule has 1 aliphatic rings. The highest BCUT2D eigenvalue weighted by molar-refractivity contribution is 5.69. The number of amides is 1. The van der Waals surface area contributed by atoms with E-state index in [-0.39, 0.29) is 30.5 Å². The molecular formula is C17H23NO4. The predicted molar refractivity (Wildman–Crippen MR) is 82.3 cm³/mol. The highest BCUT2D eigenvalue weighted by Crippen LogP contribution is 2.37. The van der Waals surface area contributed by atoms with Gasteiger partial charge in [0.2, 0.25) is 0 Å². The van der Waals surface area contributed by atoms with Gasteiger partial charge < -0.3 is 14.7 Å². The van der Waals surface area contributed by atoms with Gasteiger partial charge in [0.25, 0.3) is 0 Å². The number of carboxylic acid groups (broad SMARTS) is 1. The molecule has 22 heavy (non-hydrogen) atoms. The fourth-order valence-corrected chi connectivity index (χ4v) is 2.96. The molecule has 5 heteroatoms. The first kappa shape index (κ1) is 16.3. The Bertz CT molecular complexity index is 527. The van der Waals surface area contributed by atoms with Gasteiger partial charge in [-0.1, -0.05) is 44.2 Å². The third kappa shape index (κ3) is 4.23. The first-order valence-corrected chi connectivity index (χ1v) is 7.56. The van der Waals surface area contributed by atoms with Crippen molar-refractivity contribution in [2.24, 2.45) is 11.3 Å². The summed E-state index contributed by atoms with van der Waals surface area (Å²) in [6.07, 6.45) is 0.519. The van der Waals surface area contributed by atoms with E-state index in [1.165, 1.54) is 0 Å². The summed E-state index contributed by atoms with van der Waals surface area (Å²) in [5.74, 6) is -0.693. The third-order valence-electron chi connectivity index (χ3n) is 4.34. The average molecular weight is 305 g/mol. The van der Waals surface area contributed by atoms with Crippen LogP contribution >= 0.6 is 0 Å². The highest BCUT2D eigenvalue weighted by Gasteiger charge is 2.38. The maximum atomic E-state index is 12.2. The zero-order chi connectivity index (χ0) is 16.2. The van der Waals surface area contributed by atoms with Crippen molar-refractivity contribution < 1.29 is 19.4 Å². The van der Waals surface area contributed by atoms with Gasteiger partial charge in [0, 0.05) is 19.5 Å². The van der Waals surface area contributed by atoms with Crippen molar-refractivity contribution in [1.82, 2.24) is 4.90 Å². The van der Waals surface area contributed by atoms with Gasteiger partial charge in [-0.3, -0.25) is 4.79 Å². The van der Waals surface area contributed by atoms with E-state index in [0.717, 1.165) is 5.56 Å². The zero-order valence-corrected chi connectivity index (χ0v) is 13.1. The van der Waals surface area contributed by atoms with Crippen molar-refractivity contribution in [2.45, 2.75) is 33.3 Å². The molecule has 0 bridgehead atoms. The standard InChI is InChI=1S/C17H23NO4/c1-17(2)12-18(9-8-14(17)10-15(19)20)16(21)22-11-13-6-4-3-5-7-13/h3-7,14H,8-12H2,1-2H3,(H,19,20). The van der Waals surface area contributed by atoms with E-state index in [4.69, 9.17) is 9.84 Å². The van der Waals surface area contributed by atoms with Crippen LogP contribution in [0.15, 0.2) is 30.3 Å². The molecule has 5 nitrogen and oxygen atoms in total. The van der Waals surface area contributed by atoms with Crippen LogP contribution in [0.1, 0.15) is 32.3 Å². The zero-order valence-electron chi connectivity index (χ0n) is 13.1. The number of benzene rings is 1. The molecule has 2 rings (SSSR count). The van der Waals surface area contributed by atoms with Crippen LogP contribution in [0.3, 0.4) is 0 Å². The molecule has 1 aromatic carbocycles. The maximum absolute atomic E-state index is 12.2. The molecule has 1 heterocycles. The molecule has 1 aromatic rings. The maximum Gasteiger partial charge on any atom is 0.410 e. The SMILES string of the molecule is CC1(C)CN(C(=O)OCc2ccccc2)CCC1CC(=O)O. The Morgan fingerprint density at radius 2 is 2.00 bits per heavy atom. The average Bonchev–Trinajstić information content (AvgIpc) is 2.47. The van der Waals surface area contributed by atoms with Crippen molar-refractivity contribution in [2.75, 3.05) is 13.1 Å². The fourth-order valence-electron chi connectivity index (χ4n) is 2.96. The normalized spacial score (nSPS) is 20.5. The topological polar surface area (TPSA) is 66.8 Å². The minimum Gasteiger partial charge on any atom is -0.481 e. The molecular weight excluding hydrogens is 282 g/mol. The molecule has 1 atom stereocenters. The van der Waals surface area contributed by atoms with Gasteiger partial charge in [0.1, 0.15) is 6.61 Å². The molecule has 0 radical (unpaired) electrons. The molecule has 1 amide bonds. The molecule has 0 aliphatic carbocycles. The monoisotopic (exact) mass is 305 g/mol. The number of carbonyl (C=O) groups excluding carboxylic acids is 1. The van der Waals surface area contributed by atoms with Gasteiger partial charge in [-0.15, -0.1) is 0 Å². The smallest absolute Gasteiger partial charge is 0.410 e. The second kappa shape index (κ2) is 6.81. The summed E-state index contributed by atoms with van der Waals surface area (Å²) >= 11 is 0. The van der Waals surface area contributed by atoms with Crippen LogP contribution in [-0.4, -0.2) is 35.2 Å². The summed E-state index contributed by atoms with van der Waals surface area (Å²) in [7, 11) is 0. The summed E-state index contributed by atoms with van der Waals surface area (Å²) in [5.41, 5.74) is 0.735. The van der Waals surface area contributed by atoms with E-state index in [1.54, 1.807) is 4.90 Å².